The molecule has 0 atom stereocenters. The van der Waals surface area contributed by atoms with E-state index in [2.05, 4.69) is 18.7 Å². The van der Waals surface area contributed by atoms with Gasteiger partial charge in [-0.25, -0.2) is 0 Å². The van der Waals surface area contributed by atoms with Gasteiger partial charge in [0.25, 0.3) is 0 Å². The molecule has 1 aromatic carbocycles. The lowest BCUT2D eigenvalue weighted by atomic mass is 9.82. The van der Waals surface area contributed by atoms with Gasteiger partial charge in [-0.05, 0) is 43.4 Å². The second kappa shape index (κ2) is 4.93. The van der Waals surface area contributed by atoms with Crippen molar-refractivity contribution < 1.29 is 4.79 Å². The molecule has 18 heavy (non-hydrogen) atoms. The van der Waals surface area contributed by atoms with Gasteiger partial charge in [-0.15, -0.1) is 0 Å². The Morgan fingerprint density at radius 1 is 1.28 bits per heavy atom. The van der Waals surface area contributed by atoms with Crippen LogP contribution in [0, 0.1) is 5.41 Å². The molecule has 1 saturated heterocycles. The van der Waals surface area contributed by atoms with E-state index in [-0.39, 0.29) is 5.78 Å². The Labute approximate surface area is 114 Å². The zero-order valence-corrected chi connectivity index (χ0v) is 12.0. The number of carbonyl (C=O) groups is 1. The van der Waals surface area contributed by atoms with E-state index in [1.807, 2.05) is 18.2 Å². The Hall–Kier alpha value is -1.02. The van der Waals surface area contributed by atoms with Crippen LogP contribution in [0.15, 0.2) is 18.2 Å². The molecule has 0 radical (unpaired) electrons. The summed E-state index contributed by atoms with van der Waals surface area (Å²) >= 11 is 6.15. The van der Waals surface area contributed by atoms with E-state index < -0.39 is 0 Å². The highest BCUT2D eigenvalue weighted by molar-refractivity contribution is 6.34. The molecular formula is C15H20ClNO. The van der Waals surface area contributed by atoms with Crippen molar-refractivity contribution in [3.8, 4) is 0 Å². The molecule has 0 amide bonds. The SMILES string of the molecule is CC(=O)c1ccc(N2CCC(C)(C)CC2)cc1Cl. The third kappa shape index (κ3) is 2.86. The van der Waals surface area contributed by atoms with Gasteiger partial charge in [-0.1, -0.05) is 25.4 Å². The standard InChI is InChI=1S/C15H20ClNO/c1-11(18)13-5-4-12(10-14(13)16)17-8-6-15(2,3)7-9-17/h4-5,10H,6-9H2,1-3H3. The average molecular weight is 266 g/mol. The third-order valence-corrected chi connectivity index (χ3v) is 4.13. The van der Waals surface area contributed by atoms with Gasteiger partial charge in [-0.2, -0.15) is 0 Å². The lowest BCUT2D eigenvalue weighted by Crippen LogP contribution is -2.37. The predicted octanol–water partition coefficient (Wildman–Crippen LogP) is 4.17. The number of benzene rings is 1. The monoisotopic (exact) mass is 265 g/mol. The summed E-state index contributed by atoms with van der Waals surface area (Å²) in [5.41, 5.74) is 2.18. The summed E-state index contributed by atoms with van der Waals surface area (Å²) in [6.07, 6.45) is 2.39. The average Bonchev–Trinajstić information content (AvgIpc) is 2.28. The van der Waals surface area contributed by atoms with E-state index in [9.17, 15) is 4.79 Å². The van der Waals surface area contributed by atoms with Gasteiger partial charge in [0.2, 0.25) is 0 Å². The van der Waals surface area contributed by atoms with Crippen LogP contribution in [0.2, 0.25) is 5.02 Å². The molecule has 0 spiro atoms. The molecular weight excluding hydrogens is 246 g/mol. The van der Waals surface area contributed by atoms with E-state index in [0.717, 1.165) is 18.8 Å². The molecule has 1 heterocycles. The summed E-state index contributed by atoms with van der Waals surface area (Å²) in [6, 6.07) is 5.75. The maximum atomic E-state index is 11.3. The fourth-order valence-electron chi connectivity index (χ4n) is 2.36. The second-order valence-electron chi connectivity index (χ2n) is 5.87. The van der Waals surface area contributed by atoms with Crippen LogP contribution in [-0.4, -0.2) is 18.9 Å². The van der Waals surface area contributed by atoms with E-state index >= 15 is 0 Å². The molecule has 0 saturated carbocycles. The molecule has 0 aliphatic carbocycles. The number of nitrogens with zero attached hydrogens (tertiary/aromatic N) is 1. The fourth-order valence-corrected chi connectivity index (χ4v) is 2.66. The van der Waals surface area contributed by atoms with Crippen molar-refractivity contribution in [3.05, 3.63) is 28.8 Å². The van der Waals surface area contributed by atoms with Crippen LogP contribution in [0.25, 0.3) is 0 Å². The Morgan fingerprint density at radius 3 is 2.39 bits per heavy atom. The second-order valence-corrected chi connectivity index (χ2v) is 6.28. The Balaban J connectivity index is 2.16. The molecule has 1 fully saturated rings. The van der Waals surface area contributed by atoms with E-state index in [1.54, 1.807) is 6.92 Å². The van der Waals surface area contributed by atoms with Gasteiger partial charge < -0.3 is 4.90 Å². The zero-order valence-electron chi connectivity index (χ0n) is 11.3. The predicted molar refractivity (Wildman–Crippen MR) is 76.7 cm³/mol. The molecule has 0 bridgehead atoms. The summed E-state index contributed by atoms with van der Waals surface area (Å²) in [5, 5.41) is 0.560. The fraction of sp³-hybridized carbons (Fsp3) is 0.533. The number of hydrogen-bond donors (Lipinski definition) is 0. The van der Waals surface area contributed by atoms with Crippen LogP contribution in [0.1, 0.15) is 44.0 Å². The molecule has 3 heteroatoms. The van der Waals surface area contributed by atoms with Crippen LogP contribution in [0.4, 0.5) is 5.69 Å². The first-order valence-corrected chi connectivity index (χ1v) is 6.82. The van der Waals surface area contributed by atoms with E-state index in [1.165, 1.54) is 12.8 Å². The summed E-state index contributed by atoms with van der Waals surface area (Å²) in [4.78, 5) is 13.7. The zero-order chi connectivity index (χ0) is 13.3. The lowest BCUT2D eigenvalue weighted by molar-refractivity contribution is 0.101. The first-order valence-electron chi connectivity index (χ1n) is 6.44. The van der Waals surface area contributed by atoms with Crippen molar-refractivity contribution in [2.24, 2.45) is 5.41 Å². The molecule has 2 nitrogen and oxygen atoms in total. The smallest absolute Gasteiger partial charge is 0.161 e. The quantitative estimate of drug-likeness (QED) is 0.748. The van der Waals surface area contributed by atoms with Crippen LogP contribution >= 0.6 is 11.6 Å². The summed E-state index contributed by atoms with van der Waals surface area (Å²) < 4.78 is 0. The van der Waals surface area contributed by atoms with Crippen molar-refractivity contribution >= 4 is 23.1 Å². The number of Topliss-reactive ketones (excluding diaryl/α,β-unsaturated/α-hetero) is 1. The molecule has 0 aromatic heterocycles. The highest BCUT2D eigenvalue weighted by Crippen LogP contribution is 2.33. The van der Waals surface area contributed by atoms with Crippen LogP contribution in [-0.2, 0) is 0 Å². The normalized spacial score (nSPS) is 18.8. The number of carbonyl (C=O) groups excluding carboxylic acids is 1. The topological polar surface area (TPSA) is 20.3 Å². The number of rotatable bonds is 2. The number of anilines is 1. The van der Waals surface area contributed by atoms with Gasteiger partial charge in [0.15, 0.2) is 5.78 Å². The van der Waals surface area contributed by atoms with Crippen LogP contribution < -0.4 is 4.90 Å². The van der Waals surface area contributed by atoms with E-state index in [0.29, 0.717) is 16.0 Å². The van der Waals surface area contributed by atoms with Crippen LogP contribution in [0.5, 0.6) is 0 Å². The van der Waals surface area contributed by atoms with Gasteiger partial charge >= 0.3 is 0 Å². The number of ketones is 1. The molecule has 1 aliphatic heterocycles. The van der Waals surface area contributed by atoms with Gasteiger partial charge in [0, 0.05) is 24.3 Å². The number of halogens is 1. The van der Waals surface area contributed by atoms with Gasteiger partial charge in [0.1, 0.15) is 0 Å². The first-order chi connectivity index (χ1) is 8.39. The first kappa shape index (κ1) is 13.4. The Bertz CT molecular complexity index is 458. The van der Waals surface area contributed by atoms with Crippen LogP contribution in [0.3, 0.4) is 0 Å². The summed E-state index contributed by atoms with van der Waals surface area (Å²) in [6.45, 7) is 8.29. The highest BCUT2D eigenvalue weighted by atomic mass is 35.5. The maximum absolute atomic E-state index is 11.3. The van der Waals surface area contributed by atoms with Crippen molar-refractivity contribution in [1.82, 2.24) is 0 Å². The molecule has 0 N–H and O–H groups in total. The lowest BCUT2D eigenvalue weighted by Gasteiger charge is -2.38. The van der Waals surface area contributed by atoms with Gasteiger partial charge in [-0.3, -0.25) is 4.79 Å². The molecule has 0 unspecified atom stereocenters. The summed E-state index contributed by atoms with van der Waals surface area (Å²) in [7, 11) is 0. The largest absolute Gasteiger partial charge is 0.371 e. The molecule has 1 aromatic rings. The highest BCUT2D eigenvalue weighted by Gasteiger charge is 2.25. The van der Waals surface area contributed by atoms with Crippen molar-refractivity contribution in [2.75, 3.05) is 18.0 Å². The van der Waals surface area contributed by atoms with E-state index in [4.69, 9.17) is 11.6 Å². The number of piperidine rings is 1. The van der Waals surface area contributed by atoms with Crippen molar-refractivity contribution in [1.29, 1.82) is 0 Å². The third-order valence-electron chi connectivity index (χ3n) is 3.81. The van der Waals surface area contributed by atoms with Crippen molar-refractivity contribution in [2.45, 2.75) is 33.6 Å². The van der Waals surface area contributed by atoms with Crippen molar-refractivity contribution in [3.63, 3.8) is 0 Å². The number of hydrogen-bond acceptors (Lipinski definition) is 2. The maximum Gasteiger partial charge on any atom is 0.161 e. The molecule has 1 aliphatic rings. The molecule has 98 valence electrons. The Kier molecular flexibility index (Phi) is 3.67. The van der Waals surface area contributed by atoms with Gasteiger partial charge in [0.05, 0.1) is 5.02 Å². The minimum Gasteiger partial charge on any atom is -0.371 e. The molecule has 2 rings (SSSR count). The minimum atomic E-state index is 0.0197. The minimum absolute atomic E-state index is 0.0197. The Morgan fingerprint density at radius 2 is 1.89 bits per heavy atom. The summed E-state index contributed by atoms with van der Waals surface area (Å²) in [5.74, 6) is 0.0197.